The number of hydrogen-bond donors (Lipinski definition) is 1. The van der Waals surface area contributed by atoms with Crippen LogP contribution in [0.1, 0.15) is 27.6 Å². The van der Waals surface area contributed by atoms with E-state index in [2.05, 4.69) is 21.5 Å². The highest BCUT2D eigenvalue weighted by Crippen LogP contribution is 2.26. The molecule has 25 heavy (non-hydrogen) atoms. The second-order valence-corrected chi connectivity index (χ2v) is 6.18. The predicted molar refractivity (Wildman–Crippen MR) is 94.1 cm³/mol. The van der Waals surface area contributed by atoms with E-state index in [1.54, 1.807) is 37.3 Å². The molecule has 1 aromatic heterocycles. The highest BCUT2D eigenvalue weighted by atomic mass is 32.2. The largest absolute Gasteiger partial charge is 0.338 e. The molecular formula is C18H14N4O2S. The van der Waals surface area contributed by atoms with E-state index < -0.39 is 0 Å². The number of benzene rings is 2. The minimum Gasteiger partial charge on any atom is -0.338 e. The van der Waals surface area contributed by atoms with Crippen LogP contribution in [0.4, 0.5) is 5.69 Å². The molecule has 0 aliphatic carbocycles. The molecule has 7 heteroatoms. The lowest BCUT2D eigenvalue weighted by atomic mass is 10.2. The summed E-state index contributed by atoms with van der Waals surface area (Å²) in [4.78, 5) is 17.6. The van der Waals surface area contributed by atoms with Crippen LogP contribution in [0, 0.1) is 18.3 Å². The maximum atomic E-state index is 12.6. The zero-order valence-corrected chi connectivity index (χ0v) is 14.2. The van der Waals surface area contributed by atoms with Gasteiger partial charge in [0.05, 0.1) is 22.9 Å². The van der Waals surface area contributed by atoms with Crippen molar-refractivity contribution in [3.8, 4) is 6.07 Å². The van der Waals surface area contributed by atoms with Gasteiger partial charge in [-0.25, -0.2) is 0 Å². The standard InChI is InChI=1S/C18H14N4O2S/c1-12-20-17(24-22-12)11-25-16-8-3-2-7-15(16)18(23)21-14-6-4-5-13(9-14)10-19/h2-9H,11H2,1H3,(H,21,23). The number of nitrogens with one attached hydrogen (secondary N) is 1. The molecule has 0 saturated heterocycles. The van der Waals surface area contributed by atoms with Crippen molar-refractivity contribution in [1.29, 1.82) is 5.26 Å². The maximum Gasteiger partial charge on any atom is 0.256 e. The van der Waals surface area contributed by atoms with Crippen molar-refractivity contribution >= 4 is 23.4 Å². The molecule has 124 valence electrons. The Morgan fingerprint density at radius 1 is 1.28 bits per heavy atom. The molecule has 0 aliphatic rings. The Kier molecular flexibility index (Phi) is 5.11. The van der Waals surface area contributed by atoms with Crippen LogP contribution in [0.3, 0.4) is 0 Å². The van der Waals surface area contributed by atoms with Crippen LogP contribution in [0.15, 0.2) is 57.9 Å². The Hall–Kier alpha value is -3.11. The molecule has 1 heterocycles. The number of anilines is 1. The number of carbonyl (C=O) groups is 1. The molecule has 0 aliphatic heterocycles. The second kappa shape index (κ2) is 7.64. The quantitative estimate of drug-likeness (QED) is 0.704. The summed E-state index contributed by atoms with van der Waals surface area (Å²) >= 11 is 1.45. The number of aromatic nitrogens is 2. The smallest absolute Gasteiger partial charge is 0.256 e. The van der Waals surface area contributed by atoms with E-state index in [0.717, 1.165) is 4.90 Å². The third-order valence-electron chi connectivity index (χ3n) is 3.30. The number of hydrogen-bond acceptors (Lipinski definition) is 6. The van der Waals surface area contributed by atoms with Crippen molar-refractivity contribution in [3.05, 3.63) is 71.4 Å². The van der Waals surface area contributed by atoms with E-state index in [1.807, 2.05) is 18.2 Å². The van der Waals surface area contributed by atoms with Gasteiger partial charge in [0.1, 0.15) is 0 Å². The van der Waals surface area contributed by atoms with Crippen LogP contribution < -0.4 is 5.32 Å². The van der Waals surface area contributed by atoms with Gasteiger partial charge in [0, 0.05) is 10.6 Å². The lowest BCUT2D eigenvalue weighted by molar-refractivity contribution is 0.102. The minimum absolute atomic E-state index is 0.236. The highest BCUT2D eigenvalue weighted by molar-refractivity contribution is 7.98. The van der Waals surface area contributed by atoms with Gasteiger partial charge in [0.2, 0.25) is 5.89 Å². The number of nitriles is 1. The van der Waals surface area contributed by atoms with E-state index in [0.29, 0.717) is 34.3 Å². The monoisotopic (exact) mass is 350 g/mol. The number of rotatable bonds is 5. The second-order valence-electron chi connectivity index (χ2n) is 5.17. The Balaban J connectivity index is 1.75. The lowest BCUT2D eigenvalue weighted by Crippen LogP contribution is -2.13. The summed E-state index contributed by atoms with van der Waals surface area (Å²) < 4.78 is 5.09. The maximum absolute atomic E-state index is 12.6. The zero-order chi connectivity index (χ0) is 17.6. The van der Waals surface area contributed by atoms with Gasteiger partial charge in [0.25, 0.3) is 5.91 Å². The first-order valence-electron chi connectivity index (χ1n) is 7.48. The van der Waals surface area contributed by atoms with Crippen LogP contribution in [-0.2, 0) is 5.75 Å². The summed E-state index contributed by atoms with van der Waals surface area (Å²) in [5.74, 6) is 1.34. The molecule has 2 aromatic carbocycles. The van der Waals surface area contributed by atoms with Gasteiger partial charge in [-0.2, -0.15) is 10.2 Å². The van der Waals surface area contributed by atoms with Crippen molar-refractivity contribution in [2.45, 2.75) is 17.6 Å². The van der Waals surface area contributed by atoms with E-state index in [4.69, 9.17) is 9.78 Å². The van der Waals surface area contributed by atoms with Crippen molar-refractivity contribution in [2.24, 2.45) is 0 Å². The molecule has 1 N–H and O–H groups in total. The molecule has 3 aromatic rings. The van der Waals surface area contributed by atoms with E-state index >= 15 is 0 Å². The number of nitrogens with zero attached hydrogens (tertiary/aromatic N) is 3. The first-order chi connectivity index (χ1) is 12.2. The summed E-state index contributed by atoms with van der Waals surface area (Å²) in [6, 6.07) is 16.1. The molecule has 0 radical (unpaired) electrons. The minimum atomic E-state index is -0.236. The topological polar surface area (TPSA) is 91.8 Å². The van der Waals surface area contributed by atoms with Gasteiger partial charge in [-0.3, -0.25) is 4.79 Å². The van der Waals surface area contributed by atoms with E-state index in [9.17, 15) is 4.79 Å². The fourth-order valence-corrected chi connectivity index (χ4v) is 3.07. The van der Waals surface area contributed by atoms with E-state index in [-0.39, 0.29) is 5.91 Å². The molecule has 0 bridgehead atoms. The molecular weight excluding hydrogens is 336 g/mol. The van der Waals surface area contributed by atoms with Crippen molar-refractivity contribution in [2.75, 3.05) is 5.32 Å². The van der Waals surface area contributed by atoms with Gasteiger partial charge >= 0.3 is 0 Å². The Morgan fingerprint density at radius 3 is 2.88 bits per heavy atom. The predicted octanol–water partition coefficient (Wildman–Crippen LogP) is 3.79. The SMILES string of the molecule is Cc1noc(CSc2ccccc2C(=O)Nc2cccc(C#N)c2)n1. The van der Waals surface area contributed by atoms with Crippen LogP contribution in [-0.4, -0.2) is 16.0 Å². The Labute approximate surface area is 148 Å². The molecule has 1 amide bonds. The summed E-state index contributed by atoms with van der Waals surface area (Å²) in [6.07, 6.45) is 0. The number of aryl methyl sites for hydroxylation is 1. The van der Waals surface area contributed by atoms with Crippen LogP contribution in [0.2, 0.25) is 0 Å². The number of carbonyl (C=O) groups excluding carboxylic acids is 1. The third-order valence-corrected chi connectivity index (χ3v) is 4.36. The molecule has 0 fully saturated rings. The fourth-order valence-electron chi connectivity index (χ4n) is 2.18. The molecule has 6 nitrogen and oxygen atoms in total. The fraction of sp³-hybridized carbons (Fsp3) is 0.111. The van der Waals surface area contributed by atoms with Crippen LogP contribution in [0.5, 0.6) is 0 Å². The third kappa shape index (κ3) is 4.25. The summed E-state index contributed by atoms with van der Waals surface area (Å²) in [6.45, 7) is 1.76. The van der Waals surface area contributed by atoms with Crippen molar-refractivity contribution in [1.82, 2.24) is 10.1 Å². The molecule has 3 rings (SSSR count). The van der Waals surface area contributed by atoms with Gasteiger partial charge in [0.15, 0.2) is 5.82 Å². The summed E-state index contributed by atoms with van der Waals surface area (Å²) in [5, 5.41) is 15.5. The van der Waals surface area contributed by atoms with Gasteiger partial charge < -0.3 is 9.84 Å². The summed E-state index contributed by atoms with van der Waals surface area (Å²) in [5.41, 5.74) is 1.62. The van der Waals surface area contributed by atoms with Gasteiger partial charge in [-0.1, -0.05) is 23.4 Å². The zero-order valence-electron chi connectivity index (χ0n) is 13.4. The first-order valence-corrected chi connectivity index (χ1v) is 8.47. The molecule has 0 saturated carbocycles. The van der Waals surface area contributed by atoms with Crippen molar-refractivity contribution in [3.63, 3.8) is 0 Å². The highest BCUT2D eigenvalue weighted by Gasteiger charge is 2.13. The molecule has 0 atom stereocenters. The molecule has 0 unspecified atom stereocenters. The number of thioether (sulfide) groups is 1. The van der Waals surface area contributed by atoms with Gasteiger partial charge in [-0.05, 0) is 37.3 Å². The average Bonchev–Trinajstić information content (AvgIpc) is 3.05. The van der Waals surface area contributed by atoms with Crippen LogP contribution >= 0.6 is 11.8 Å². The average molecular weight is 350 g/mol. The van der Waals surface area contributed by atoms with Crippen molar-refractivity contribution < 1.29 is 9.32 Å². The normalized spacial score (nSPS) is 10.2. The Morgan fingerprint density at radius 2 is 2.12 bits per heavy atom. The van der Waals surface area contributed by atoms with Gasteiger partial charge in [-0.15, -0.1) is 11.8 Å². The Bertz CT molecular complexity index is 946. The molecule has 0 spiro atoms. The summed E-state index contributed by atoms with van der Waals surface area (Å²) in [7, 11) is 0. The van der Waals surface area contributed by atoms with Crippen LogP contribution in [0.25, 0.3) is 0 Å². The first kappa shape index (κ1) is 16.7. The number of amides is 1. The lowest BCUT2D eigenvalue weighted by Gasteiger charge is -2.09. The van der Waals surface area contributed by atoms with E-state index in [1.165, 1.54) is 11.8 Å².